The molecule has 0 bridgehead atoms. The molecule has 4 rings (SSSR count). The third-order valence-electron chi connectivity index (χ3n) is 7.78. The van der Waals surface area contributed by atoms with Crippen molar-refractivity contribution in [3.63, 3.8) is 0 Å². The van der Waals surface area contributed by atoms with Crippen molar-refractivity contribution in [1.29, 1.82) is 5.26 Å². The van der Waals surface area contributed by atoms with Gasteiger partial charge >= 0.3 is 22.4 Å². The van der Waals surface area contributed by atoms with Crippen LogP contribution in [0.2, 0.25) is 0 Å². The van der Waals surface area contributed by atoms with Crippen molar-refractivity contribution < 1.29 is 27.5 Å². The predicted molar refractivity (Wildman–Crippen MR) is 153 cm³/mol. The Morgan fingerprint density at radius 3 is 2.17 bits per heavy atom. The Hall–Kier alpha value is -2.88. The van der Waals surface area contributed by atoms with Crippen molar-refractivity contribution >= 4 is 22.4 Å². The third kappa shape index (κ3) is 7.50. The maximum atomic E-state index is 13.4. The van der Waals surface area contributed by atoms with E-state index >= 15 is 0 Å². The highest BCUT2D eigenvalue weighted by atomic mass is 32.2. The molecule has 0 aromatic heterocycles. The summed E-state index contributed by atoms with van der Waals surface area (Å²) in [4.78, 5) is 29.6. The first-order valence-corrected chi connectivity index (χ1v) is 15.7. The summed E-state index contributed by atoms with van der Waals surface area (Å²) >= 11 is 0. The number of carbonyl (C=O) groups excluding carboxylic acids is 2. The van der Waals surface area contributed by atoms with Crippen LogP contribution in [0.1, 0.15) is 78.7 Å². The summed E-state index contributed by atoms with van der Waals surface area (Å²) < 4.78 is 39.7. The van der Waals surface area contributed by atoms with Gasteiger partial charge in [-0.1, -0.05) is 30.3 Å². The zero-order chi connectivity index (χ0) is 30.2. The van der Waals surface area contributed by atoms with Crippen molar-refractivity contribution in [1.82, 2.24) is 18.8 Å². The quantitative estimate of drug-likeness (QED) is 0.505. The van der Waals surface area contributed by atoms with Gasteiger partial charge < -0.3 is 14.4 Å². The minimum Gasteiger partial charge on any atom is -0.444 e. The first-order valence-electron chi connectivity index (χ1n) is 14.2. The van der Waals surface area contributed by atoms with E-state index in [1.807, 2.05) is 48.6 Å². The smallest absolute Gasteiger partial charge is 0.422 e. The highest BCUT2D eigenvalue weighted by Crippen LogP contribution is 2.47. The number of ether oxygens (including phenoxy) is 2. The van der Waals surface area contributed by atoms with E-state index in [0.717, 1.165) is 6.42 Å². The molecule has 1 aromatic rings. The number of nitrogens with one attached hydrogen (secondary N) is 1. The number of likely N-dealkylation sites (tertiary alicyclic amines) is 1. The van der Waals surface area contributed by atoms with Crippen LogP contribution in [0.15, 0.2) is 30.3 Å². The molecule has 1 saturated carbocycles. The topological polar surface area (TPSA) is 132 Å². The van der Waals surface area contributed by atoms with Crippen molar-refractivity contribution in [3.8, 4) is 6.07 Å². The van der Waals surface area contributed by atoms with Gasteiger partial charge in [-0.25, -0.2) is 14.3 Å². The molecule has 2 atom stereocenters. The Morgan fingerprint density at radius 2 is 1.63 bits per heavy atom. The Labute approximate surface area is 243 Å². The predicted octanol–water partition coefficient (Wildman–Crippen LogP) is 3.98. The largest absolute Gasteiger partial charge is 0.444 e. The summed E-state index contributed by atoms with van der Waals surface area (Å²) in [6, 6.07) is 12.5. The molecule has 1 N–H and O–H groups in total. The van der Waals surface area contributed by atoms with Gasteiger partial charge in [-0.2, -0.15) is 18.0 Å². The number of hydrogen-bond acceptors (Lipinski definition) is 8. The van der Waals surface area contributed by atoms with E-state index in [9.17, 15) is 23.3 Å². The number of rotatable bonds is 7. The van der Waals surface area contributed by atoms with Crippen LogP contribution in [0.4, 0.5) is 9.59 Å². The molecular weight excluding hydrogens is 546 g/mol. The van der Waals surface area contributed by atoms with Crippen LogP contribution in [0, 0.1) is 11.3 Å². The summed E-state index contributed by atoms with van der Waals surface area (Å²) in [5, 5.41) is 9.60. The lowest BCUT2D eigenvalue weighted by Gasteiger charge is -2.56. The van der Waals surface area contributed by atoms with Crippen LogP contribution in [0.5, 0.6) is 0 Å². The van der Waals surface area contributed by atoms with Crippen LogP contribution in [0.25, 0.3) is 0 Å². The molecule has 3 aliphatic rings. The first kappa shape index (κ1) is 31.1. The Balaban J connectivity index is 1.41. The highest BCUT2D eigenvalue weighted by Gasteiger charge is 2.54. The summed E-state index contributed by atoms with van der Waals surface area (Å²) in [7, 11) is -4.11. The van der Waals surface area contributed by atoms with Gasteiger partial charge in [0.1, 0.15) is 11.2 Å². The first-order chi connectivity index (χ1) is 19.0. The molecule has 11 nitrogen and oxygen atoms in total. The fourth-order valence-electron chi connectivity index (χ4n) is 5.86. The molecule has 12 heteroatoms. The SMILES string of the molecule is CC(C)(C)OC(=O)NS(=O)(=O)N1CC(CC#N)(N2CCC(N(C(=O)OC(C)(C)C)C3C[C@H]3c3ccccc3)CC2)C1. The van der Waals surface area contributed by atoms with Gasteiger partial charge in [0, 0.05) is 44.2 Å². The van der Waals surface area contributed by atoms with E-state index in [1.54, 1.807) is 20.8 Å². The molecule has 2 aliphatic heterocycles. The van der Waals surface area contributed by atoms with Crippen molar-refractivity contribution in [2.75, 3.05) is 26.2 Å². The third-order valence-corrected chi connectivity index (χ3v) is 9.14. The molecule has 2 saturated heterocycles. The minimum absolute atomic E-state index is 0.0207. The molecule has 226 valence electrons. The average molecular weight is 590 g/mol. The maximum absolute atomic E-state index is 13.4. The van der Waals surface area contributed by atoms with Crippen molar-refractivity contribution in [2.24, 2.45) is 0 Å². The Morgan fingerprint density at radius 1 is 1.05 bits per heavy atom. The number of piperidine rings is 1. The van der Waals surface area contributed by atoms with Gasteiger partial charge in [-0.15, -0.1) is 0 Å². The number of amides is 2. The lowest BCUT2D eigenvalue weighted by atomic mass is 9.84. The van der Waals surface area contributed by atoms with Gasteiger partial charge in [0.2, 0.25) is 0 Å². The molecule has 2 amide bonds. The number of carbonyl (C=O) groups is 2. The molecule has 41 heavy (non-hydrogen) atoms. The second-order valence-corrected chi connectivity index (χ2v) is 15.0. The summed E-state index contributed by atoms with van der Waals surface area (Å²) in [5.41, 5.74) is -0.880. The minimum atomic E-state index is -4.11. The van der Waals surface area contributed by atoms with Crippen LogP contribution < -0.4 is 4.72 Å². The number of benzene rings is 1. The summed E-state index contributed by atoms with van der Waals surface area (Å²) in [6.07, 6.45) is 1.08. The molecule has 0 radical (unpaired) electrons. The van der Waals surface area contributed by atoms with E-state index in [4.69, 9.17) is 9.47 Å². The molecule has 1 aliphatic carbocycles. The van der Waals surface area contributed by atoms with Crippen LogP contribution in [-0.2, 0) is 19.7 Å². The van der Waals surface area contributed by atoms with Crippen LogP contribution in [-0.4, -0.2) is 89.7 Å². The van der Waals surface area contributed by atoms with Gasteiger partial charge in [0.15, 0.2) is 0 Å². The standard InChI is InChI=1S/C29H43N5O6S/c1-27(2,3)39-25(35)31-41(37,38)33-19-29(20-33,14-15-30)32-16-12-22(13-17-32)34(26(36)40-28(4,5)6)24-18-23(24)21-10-8-7-9-11-21/h7-11,22-24H,12-14,16-20H2,1-6H3,(H,31,35)/t23-,24?/m0/s1. The van der Waals surface area contributed by atoms with Gasteiger partial charge in [-0.3, -0.25) is 4.90 Å². The Bertz CT molecular complexity index is 1250. The fourth-order valence-corrected chi connectivity index (χ4v) is 7.06. The molecule has 1 unspecified atom stereocenters. The second-order valence-electron chi connectivity index (χ2n) is 13.4. The van der Waals surface area contributed by atoms with Crippen LogP contribution in [0.3, 0.4) is 0 Å². The normalized spacial score (nSPS) is 23.5. The molecule has 2 heterocycles. The molecule has 3 fully saturated rings. The summed E-state index contributed by atoms with van der Waals surface area (Å²) in [5.74, 6) is 0.273. The van der Waals surface area contributed by atoms with E-state index in [1.165, 1.54) is 9.87 Å². The van der Waals surface area contributed by atoms with E-state index < -0.39 is 33.0 Å². The molecule has 0 spiro atoms. The highest BCUT2D eigenvalue weighted by molar-refractivity contribution is 7.87. The monoisotopic (exact) mass is 589 g/mol. The lowest BCUT2D eigenvalue weighted by molar-refractivity contribution is -0.0416. The average Bonchev–Trinajstić information content (AvgIpc) is 3.60. The van der Waals surface area contributed by atoms with Gasteiger partial charge in [0.25, 0.3) is 0 Å². The van der Waals surface area contributed by atoms with E-state index in [2.05, 4.69) is 23.1 Å². The lowest BCUT2D eigenvalue weighted by Crippen LogP contribution is -2.73. The number of nitrogens with zero attached hydrogens (tertiary/aromatic N) is 4. The maximum Gasteiger partial charge on any atom is 0.422 e. The zero-order valence-electron chi connectivity index (χ0n) is 24.9. The van der Waals surface area contributed by atoms with Crippen molar-refractivity contribution in [2.45, 2.75) is 102 Å². The summed E-state index contributed by atoms with van der Waals surface area (Å²) in [6.45, 7) is 12.0. The molecular formula is C29H43N5O6S. The van der Waals surface area contributed by atoms with E-state index in [-0.39, 0.29) is 43.6 Å². The molecule has 1 aromatic carbocycles. The van der Waals surface area contributed by atoms with E-state index in [0.29, 0.717) is 25.9 Å². The van der Waals surface area contributed by atoms with Gasteiger partial charge in [0.05, 0.1) is 18.0 Å². The van der Waals surface area contributed by atoms with Crippen molar-refractivity contribution in [3.05, 3.63) is 35.9 Å². The number of nitriles is 1. The second kappa shape index (κ2) is 11.4. The fraction of sp³-hybridized carbons (Fsp3) is 0.690. The van der Waals surface area contributed by atoms with Gasteiger partial charge in [-0.05, 0) is 66.4 Å². The Kier molecular flexibility index (Phi) is 8.65. The zero-order valence-corrected chi connectivity index (χ0v) is 25.7. The van der Waals surface area contributed by atoms with Crippen LogP contribution >= 0.6 is 0 Å². The number of hydrogen-bond donors (Lipinski definition) is 1.